The molecule has 1 aliphatic carbocycles. The minimum Gasteiger partial charge on any atom is -0.377 e. The van der Waals surface area contributed by atoms with Crippen molar-refractivity contribution < 1.29 is 9.26 Å². The van der Waals surface area contributed by atoms with Gasteiger partial charge < -0.3 is 9.26 Å². The second-order valence-electron chi connectivity index (χ2n) is 5.26. The number of nitrogens with zero attached hydrogens (tertiary/aromatic N) is 2. The lowest BCUT2D eigenvalue weighted by Gasteiger charge is -2.20. The standard InChI is InChI=1S/C14H16Cl2N2O2/c15-7-14-17-13(18-20-14)6-9-5-12(19-8-9)10-1-3-11(16)4-2-10/h1,3-4,9-10,12H,2,5-8H2/t9?,10?,12-/m1/s1. The Kier molecular flexibility index (Phi) is 4.44. The molecule has 0 radical (unpaired) electrons. The van der Waals surface area contributed by atoms with Crippen molar-refractivity contribution >= 4 is 23.2 Å². The van der Waals surface area contributed by atoms with Gasteiger partial charge in [-0.1, -0.05) is 28.9 Å². The highest BCUT2D eigenvalue weighted by Crippen LogP contribution is 2.32. The van der Waals surface area contributed by atoms with E-state index in [0.717, 1.165) is 36.7 Å². The van der Waals surface area contributed by atoms with Gasteiger partial charge in [0.05, 0.1) is 12.7 Å². The second kappa shape index (κ2) is 6.29. The fourth-order valence-electron chi connectivity index (χ4n) is 2.74. The number of rotatable bonds is 4. The fourth-order valence-corrected chi connectivity index (χ4v) is 3.01. The molecule has 0 aromatic carbocycles. The van der Waals surface area contributed by atoms with E-state index in [1.54, 1.807) is 0 Å². The summed E-state index contributed by atoms with van der Waals surface area (Å²) in [5.41, 5.74) is 0. The quantitative estimate of drug-likeness (QED) is 0.799. The summed E-state index contributed by atoms with van der Waals surface area (Å²) in [6.45, 7) is 0.747. The summed E-state index contributed by atoms with van der Waals surface area (Å²) in [6.07, 6.45) is 9.17. The van der Waals surface area contributed by atoms with Crippen molar-refractivity contribution in [2.75, 3.05) is 6.61 Å². The molecule has 3 rings (SSSR count). The Morgan fingerprint density at radius 1 is 1.40 bits per heavy atom. The Labute approximate surface area is 127 Å². The van der Waals surface area contributed by atoms with Gasteiger partial charge in [-0.2, -0.15) is 4.98 Å². The fraction of sp³-hybridized carbons (Fsp3) is 0.571. The van der Waals surface area contributed by atoms with Crippen molar-refractivity contribution in [2.24, 2.45) is 11.8 Å². The van der Waals surface area contributed by atoms with Crippen LogP contribution in [0.1, 0.15) is 24.6 Å². The molecule has 2 heterocycles. The van der Waals surface area contributed by atoms with Crippen LogP contribution in [-0.4, -0.2) is 22.9 Å². The summed E-state index contributed by atoms with van der Waals surface area (Å²) >= 11 is 11.6. The number of hydrogen-bond donors (Lipinski definition) is 0. The summed E-state index contributed by atoms with van der Waals surface area (Å²) in [4.78, 5) is 4.23. The first-order valence-corrected chi connectivity index (χ1v) is 7.68. The van der Waals surface area contributed by atoms with Gasteiger partial charge in [0.15, 0.2) is 5.82 Å². The Bertz CT molecular complexity index is 527. The molecule has 1 aromatic rings. The molecule has 6 heteroatoms. The van der Waals surface area contributed by atoms with E-state index < -0.39 is 0 Å². The van der Waals surface area contributed by atoms with E-state index in [2.05, 4.69) is 22.3 Å². The van der Waals surface area contributed by atoms with Crippen molar-refractivity contribution in [2.45, 2.75) is 31.2 Å². The average molecular weight is 315 g/mol. The van der Waals surface area contributed by atoms with Crippen LogP contribution in [0.25, 0.3) is 0 Å². The molecule has 3 atom stereocenters. The molecule has 4 nitrogen and oxygen atoms in total. The Morgan fingerprint density at radius 3 is 3.00 bits per heavy atom. The lowest BCUT2D eigenvalue weighted by Crippen LogP contribution is -2.18. The Morgan fingerprint density at radius 2 is 2.30 bits per heavy atom. The van der Waals surface area contributed by atoms with Crippen LogP contribution in [-0.2, 0) is 17.0 Å². The number of alkyl halides is 1. The molecule has 1 aliphatic heterocycles. The van der Waals surface area contributed by atoms with E-state index in [4.69, 9.17) is 32.5 Å². The molecular weight excluding hydrogens is 299 g/mol. The number of halogens is 2. The van der Waals surface area contributed by atoms with Crippen molar-refractivity contribution in [3.8, 4) is 0 Å². The molecule has 2 unspecified atom stereocenters. The first kappa shape index (κ1) is 14.1. The Balaban J connectivity index is 1.53. The Hall–Kier alpha value is -0.840. The van der Waals surface area contributed by atoms with Crippen LogP contribution in [0.15, 0.2) is 27.8 Å². The minimum atomic E-state index is 0.261. The lowest BCUT2D eigenvalue weighted by molar-refractivity contribution is 0.0766. The van der Waals surface area contributed by atoms with E-state index in [-0.39, 0.29) is 12.0 Å². The van der Waals surface area contributed by atoms with E-state index in [1.807, 2.05) is 6.08 Å². The monoisotopic (exact) mass is 314 g/mol. The number of ether oxygens (including phenoxy) is 1. The average Bonchev–Trinajstić information content (AvgIpc) is 3.09. The highest BCUT2D eigenvalue weighted by atomic mass is 35.5. The zero-order chi connectivity index (χ0) is 13.9. The minimum absolute atomic E-state index is 0.261. The number of allylic oxidation sites excluding steroid dienone is 3. The first-order valence-electron chi connectivity index (χ1n) is 6.77. The third kappa shape index (κ3) is 3.25. The summed E-state index contributed by atoms with van der Waals surface area (Å²) in [5, 5.41) is 4.75. The van der Waals surface area contributed by atoms with Gasteiger partial charge in [-0.15, -0.1) is 11.6 Å². The van der Waals surface area contributed by atoms with Crippen LogP contribution in [0.2, 0.25) is 0 Å². The SMILES string of the molecule is ClCc1nc(CC2CO[C@@H](C3C=CC(Cl)=CC3)C2)no1. The van der Waals surface area contributed by atoms with Gasteiger partial charge in [0.25, 0.3) is 0 Å². The molecule has 0 amide bonds. The van der Waals surface area contributed by atoms with E-state index in [9.17, 15) is 0 Å². The largest absolute Gasteiger partial charge is 0.377 e. The van der Waals surface area contributed by atoms with Crippen molar-refractivity contribution in [3.63, 3.8) is 0 Å². The van der Waals surface area contributed by atoms with Crippen molar-refractivity contribution in [3.05, 3.63) is 35.0 Å². The van der Waals surface area contributed by atoms with Gasteiger partial charge in [-0.05, 0) is 24.8 Å². The van der Waals surface area contributed by atoms with Gasteiger partial charge in [0, 0.05) is 17.4 Å². The van der Waals surface area contributed by atoms with Gasteiger partial charge in [-0.3, -0.25) is 0 Å². The molecule has 20 heavy (non-hydrogen) atoms. The third-order valence-corrected chi connectivity index (χ3v) is 4.28. The smallest absolute Gasteiger partial charge is 0.241 e. The summed E-state index contributed by atoms with van der Waals surface area (Å²) < 4.78 is 10.9. The topological polar surface area (TPSA) is 48.2 Å². The molecule has 1 fully saturated rings. The van der Waals surface area contributed by atoms with Crippen LogP contribution in [0, 0.1) is 11.8 Å². The molecule has 1 aromatic heterocycles. The maximum atomic E-state index is 5.94. The zero-order valence-corrected chi connectivity index (χ0v) is 12.5. The first-order chi connectivity index (χ1) is 9.74. The molecule has 0 N–H and O–H groups in total. The van der Waals surface area contributed by atoms with Gasteiger partial charge in [0.1, 0.15) is 5.88 Å². The number of aromatic nitrogens is 2. The van der Waals surface area contributed by atoms with Crippen LogP contribution in [0.5, 0.6) is 0 Å². The lowest BCUT2D eigenvalue weighted by atomic mass is 9.89. The highest BCUT2D eigenvalue weighted by molar-refractivity contribution is 6.31. The summed E-state index contributed by atoms with van der Waals surface area (Å²) in [7, 11) is 0. The van der Waals surface area contributed by atoms with Crippen LogP contribution < -0.4 is 0 Å². The molecule has 0 bridgehead atoms. The predicted molar refractivity (Wildman–Crippen MR) is 76.6 cm³/mol. The number of hydrogen-bond acceptors (Lipinski definition) is 4. The van der Waals surface area contributed by atoms with Crippen LogP contribution >= 0.6 is 23.2 Å². The van der Waals surface area contributed by atoms with Gasteiger partial charge in [-0.25, -0.2) is 0 Å². The maximum Gasteiger partial charge on any atom is 0.241 e. The normalized spacial score (nSPS) is 29.7. The molecule has 2 aliphatic rings. The second-order valence-corrected chi connectivity index (χ2v) is 5.97. The predicted octanol–water partition coefficient (Wildman–Crippen LogP) is 3.45. The molecule has 0 spiro atoms. The van der Waals surface area contributed by atoms with E-state index >= 15 is 0 Å². The van der Waals surface area contributed by atoms with Crippen LogP contribution in [0.3, 0.4) is 0 Å². The zero-order valence-electron chi connectivity index (χ0n) is 11.0. The van der Waals surface area contributed by atoms with Gasteiger partial charge in [0.2, 0.25) is 5.89 Å². The maximum absolute atomic E-state index is 5.94. The summed E-state index contributed by atoms with van der Waals surface area (Å²) in [6, 6.07) is 0. The van der Waals surface area contributed by atoms with Gasteiger partial charge >= 0.3 is 0 Å². The van der Waals surface area contributed by atoms with Crippen LogP contribution in [0.4, 0.5) is 0 Å². The van der Waals surface area contributed by atoms with E-state index in [0.29, 0.717) is 17.7 Å². The third-order valence-electron chi connectivity index (χ3n) is 3.77. The molecule has 0 saturated carbocycles. The van der Waals surface area contributed by atoms with Crippen molar-refractivity contribution in [1.29, 1.82) is 0 Å². The molecular formula is C14H16Cl2N2O2. The molecule has 108 valence electrons. The van der Waals surface area contributed by atoms with E-state index in [1.165, 1.54) is 0 Å². The summed E-state index contributed by atoms with van der Waals surface area (Å²) in [5.74, 6) is 2.32. The van der Waals surface area contributed by atoms with Crippen molar-refractivity contribution in [1.82, 2.24) is 10.1 Å². The molecule has 1 saturated heterocycles. The highest BCUT2D eigenvalue weighted by Gasteiger charge is 2.31.